The Balaban J connectivity index is 1.85. The van der Waals surface area contributed by atoms with Crippen LogP contribution in [0.1, 0.15) is 11.1 Å². The Morgan fingerprint density at radius 3 is 2.54 bits per heavy atom. The van der Waals surface area contributed by atoms with Crippen molar-refractivity contribution in [2.24, 2.45) is 0 Å². The Morgan fingerprint density at radius 2 is 1.92 bits per heavy atom. The molecule has 0 saturated heterocycles. The van der Waals surface area contributed by atoms with Gasteiger partial charge < -0.3 is 15.0 Å². The van der Waals surface area contributed by atoms with Gasteiger partial charge in [-0.15, -0.1) is 0 Å². The van der Waals surface area contributed by atoms with Gasteiger partial charge in [-0.05, 0) is 42.3 Å². The first-order valence-electron chi connectivity index (χ1n) is 7.83. The van der Waals surface area contributed by atoms with Gasteiger partial charge in [-0.25, -0.2) is 4.98 Å². The van der Waals surface area contributed by atoms with Gasteiger partial charge in [0.05, 0.1) is 13.0 Å². The summed E-state index contributed by atoms with van der Waals surface area (Å²) in [6.45, 7) is -1.14. The number of likely N-dealkylation sites (N-methyl/N-ethyl adjacent to an activating group) is 1. The van der Waals surface area contributed by atoms with Crippen LogP contribution in [-0.2, 0) is 16.0 Å². The van der Waals surface area contributed by atoms with E-state index in [-0.39, 0.29) is 30.5 Å². The standard InChI is InChI=1S/C18H19F2N3O3/c1-12-7-8-21-15(9-12)22-16(24)11-23(2)17(25)10-13-3-5-14(6-4-13)26-18(19)20/h3-9,18H,10-11H2,1-2H3,(H,21,22,24). The minimum Gasteiger partial charge on any atom is -0.435 e. The Kier molecular flexibility index (Phi) is 6.60. The van der Waals surface area contributed by atoms with Crippen LogP contribution in [0, 0.1) is 6.92 Å². The molecule has 138 valence electrons. The topological polar surface area (TPSA) is 71.5 Å². The van der Waals surface area contributed by atoms with Gasteiger partial charge in [-0.2, -0.15) is 8.78 Å². The van der Waals surface area contributed by atoms with E-state index in [0.717, 1.165) is 5.56 Å². The summed E-state index contributed by atoms with van der Waals surface area (Å²) in [7, 11) is 1.51. The van der Waals surface area contributed by atoms with Gasteiger partial charge in [-0.1, -0.05) is 12.1 Å². The number of benzene rings is 1. The van der Waals surface area contributed by atoms with E-state index in [2.05, 4.69) is 15.0 Å². The summed E-state index contributed by atoms with van der Waals surface area (Å²) in [5.74, 6) is -0.195. The first-order valence-corrected chi connectivity index (χ1v) is 7.83. The maximum atomic E-state index is 12.2. The molecule has 0 atom stereocenters. The number of amides is 2. The molecule has 26 heavy (non-hydrogen) atoms. The Morgan fingerprint density at radius 1 is 1.23 bits per heavy atom. The second-order valence-electron chi connectivity index (χ2n) is 5.72. The van der Waals surface area contributed by atoms with Gasteiger partial charge in [0.15, 0.2) is 0 Å². The van der Waals surface area contributed by atoms with Crippen LogP contribution in [0.4, 0.5) is 14.6 Å². The third-order valence-electron chi connectivity index (χ3n) is 3.49. The molecule has 2 aromatic rings. The van der Waals surface area contributed by atoms with Crippen molar-refractivity contribution < 1.29 is 23.1 Å². The van der Waals surface area contributed by atoms with Crippen molar-refractivity contribution >= 4 is 17.6 Å². The summed E-state index contributed by atoms with van der Waals surface area (Å²) in [5.41, 5.74) is 1.59. The molecular formula is C18H19F2N3O3. The van der Waals surface area contributed by atoms with Crippen molar-refractivity contribution in [2.75, 3.05) is 18.9 Å². The quantitative estimate of drug-likeness (QED) is 0.821. The smallest absolute Gasteiger partial charge is 0.387 e. The summed E-state index contributed by atoms with van der Waals surface area (Å²) in [6, 6.07) is 9.32. The van der Waals surface area contributed by atoms with E-state index in [4.69, 9.17) is 0 Å². The van der Waals surface area contributed by atoms with Crippen LogP contribution in [-0.4, -0.2) is 41.9 Å². The van der Waals surface area contributed by atoms with Crippen molar-refractivity contribution in [1.29, 1.82) is 0 Å². The lowest BCUT2D eigenvalue weighted by Crippen LogP contribution is -2.35. The van der Waals surface area contributed by atoms with Gasteiger partial charge in [-0.3, -0.25) is 9.59 Å². The summed E-state index contributed by atoms with van der Waals surface area (Å²) < 4.78 is 28.5. The fourth-order valence-electron chi connectivity index (χ4n) is 2.19. The second kappa shape index (κ2) is 8.89. The lowest BCUT2D eigenvalue weighted by Gasteiger charge is -2.17. The average Bonchev–Trinajstić information content (AvgIpc) is 2.56. The molecule has 1 N–H and O–H groups in total. The molecule has 0 bridgehead atoms. The van der Waals surface area contributed by atoms with E-state index in [1.165, 1.54) is 36.2 Å². The zero-order valence-electron chi connectivity index (χ0n) is 14.4. The number of halogens is 2. The minimum absolute atomic E-state index is 0.0228. The van der Waals surface area contributed by atoms with Crippen LogP contribution in [0.25, 0.3) is 0 Å². The summed E-state index contributed by atoms with van der Waals surface area (Å²) in [6.07, 6.45) is 1.63. The molecule has 0 unspecified atom stereocenters. The first-order chi connectivity index (χ1) is 12.3. The van der Waals surface area contributed by atoms with E-state index in [9.17, 15) is 18.4 Å². The van der Waals surface area contributed by atoms with Crippen LogP contribution in [0.3, 0.4) is 0 Å². The van der Waals surface area contributed by atoms with Crippen molar-refractivity contribution in [2.45, 2.75) is 20.0 Å². The first kappa shape index (κ1) is 19.3. The molecule has 2 amide bonds. The summed E-state index contributed by atoms with van der Waals surface area (Å²) in [5, 5.41) is 2.63. The number of aryl methyl sites for hydroxylation is 1. The Labute approximate surface area is 149 Å². The molecule has 0 aliphatic rings. The fraction of sp³-hybridized carbons (Fsp3) is 0.278. The molecule has 0 saturated carbocycles. The minimum atomic E-state index is -2.89. The second-order valence-corrected chi connectivity index (χ2v) is 5.72. The van der Waals surface area contributed by atoms with Crippen LogP contribution < -0.4 is 10.1 Å². The number of nitrogens with zero attached hydrogens (tertiary/aromatic N) is 2. The Bertz CT molecular complexity index is 767. The number of anilines is 1. The molecule has 0 aliphatic heterocycles. The van der Waals surface area contributed by atoms with E-state index in [0.29, 0.717) is 11.4 Å². The predicted molar refractivity (Wildman–Crippen MR) is 92.0 cm³/mol. The van der Waals surface area contributed by atoms with Crippen LogP contribution in [0.5, 0.6) is 5.75 Å². The van der Waals surface area contributed by atoms with Gasteiger partial charge in [0.25, 0.3) is 0 Å². The highest BCUT2D eigenvalue weighted by molar-refractivity contribution is 5.94. The normalized spacial score (nSPS) is 10.5. The highest BCUT2D eigenvalue weighted by atomic mass is 19.3. The number of ether oxygens (including phenoxy) is 1. The zero-order valence-corrected chi connectivity index (χ0v) is 14.4. The largest absolute Gasteiger partial charge is 0.435 e. The SMILES string of the molecule is Cc1ccnc(NC(=O)CN(C)C(=O)Cc2ccc(OC(F)F)cc2)c1. The highest BCUT2D eigenvalue weighted by Crippen LogP contribution is 2.15. The third-order valence-corrected chi connectivity index (χ3v) is 3.49. The molecular weight excluding hydrogens is 344 g/mol. The molecule has 8 heteroatoms. The van der Waals surface area contributed by atoms with Crippen LogP contribution >= 0.6 is 0 Å². The number of alkyl halides is 2. The van der Waals surface area contributed by atoms with Crippen molar-refractivity contribution in [1.82, 2.24) is 9.88 Å². The maximum absolute atomic E-state index is 12.2. The number of nitrogens with one attached hydrogen (secondary N) is 1. The lowest BCUT2D eigenvalue weighted by atomic mass is 10.1. The molecule has 0 aliphatic carbocycles. The maximum Gasteiger partial charge on any atom is 0.387 e. The molecule has 1 aromatic heterocycles. The molecule has 1 aromatic carbocycles. The van der Waals surface area contributed by atoms with Gasteiger partial charge in [0, 0.05) is 13.2 Å². The monoisotopic (exact) mass is 363 g/mol. The van der Waals surface area contributed by atoms with Crippen LogP contribution in [0.2, 0.25) is 0 Å². The Hall–Kier alpha value is -3.03. The number of carbonyl (C=O) groups is 2. The number of rotatable bonds is 7. The van der Waals surface area contributed by atoms with Gasteiger partial charge in [0.1, 0.15) is 11.6 Å². The molecule has 0 spiro atoms. The van der Waals surface area contributed by atoms with Crippen molar-refractivity contribution in [3.05, 3.63) is 53.7 Å². The number of hydrogen-bond donors (Lipinski definition) is 1. The third kappa shape index (κ3) is 6.12. The molecule has 0 fully saturated rings. The van der Waals surface area contributed by atoms with Gasteiger partial charge >= 0.3 is 6.61 Å². The molecule has 6 nitrogen and oxygen atoms in total. The van der Waals surface area contributed by atoms with E-state index < -0.39 is 6.61 Å². The van der Waals surface area contributed by atoms with E-state index in [1.54, 1.807) is 12.3 Å². The highest BCUT2D eigenvalue weighted by Gasteiger charge is 2.14. The summed E-state index contributed by atoms with van der Waals surface area (Å²) in [4.78, 5) is 29.5. The van der Waals surface area contributed by atoms with Gasteiger partial charge in [0.2, 0.25) is 11.8 Å². The molecule has 0 radical (unpaired) electrons. The predicted octanol–water partition coefficient (Wildman–Crippen LogP) is 2.63. The van der Waals surface area contributed by atoms with E-state index in [1.807, 2.05) is 13.0 Å². The number of hydrogen-bond acceptors (Lipinski definition) is 4. The fourth-order valence-corrected chi connectivity index (χ4v) is 2.19. The number of pyridine rings is 1. The number of aromatic nitrogens is 1. The number of carbonyl (C=O) groups excluding carboxylic acids is 2. The van der Waals surface area contributed by atoms with Crippen LogP contribution in [0.15, 0.2) is 42.6 Å². The average molecular weight is 363 g/mol. The lowest BCUT2D eigenvalue weighted by molar-refractivity contribution is -0.132. The molecule has 1 heterocycles. The molecule has 2 rings (SSSR count). The van der Waals surface area contributed by atoms with Crippen molar-refractivity contribution in [3.63, 3.8) is 0 Å². The van der Waals surface area contributed by atoms with E-state index >= 15 is 0 Å². The summed E-state index contributed by atoms with van der Waals surface area (Å²) >= 11 is 0. The van der Waals surface area contributed by atoms with Crippen molar-refractivity contribution in [3.8, 4) is 5.75 Å². The zero-order chi connectivity index (χ0) is 19.1.